The van der Waals surface area contributed by atoms with E-state index in [1.165, 1.54) is 18.4 Å². The van der Waals surface area contributed by atoms with E-state index in [0.717, 1.165) is 11.3 Å². The van der Waals surface area contributed by atoms with Gasteiger partial charge in [-0.3, -0.25) is 0 Å². The first-order valence-electron chi connectivity index (χ1n) is 9.16. The molecule has 2 atom stereocenters. The summed E-state index contributed by atoms with van der Waals surface area (Å²) >= 11 is 0. The van der Waals surface area contributed by atoms with Crippen LogP contribution in [0.2, 0.25) is 0 Å². The zero-order valence-corrected chi connectivity index (χ0v) is 16.3. The highest BCUT2D eigenvalue weighted by Crippen LogP contribution is 2.38. The Balaban J connectivity index is 1.77. The van der Waals surface area contributed by atoms with Crippen LogP contribution >= 0.6 is 0 Å². The quantitative estimate of drug-likeness (QED) is 0.562. The summed E-state index contributed by atoms with van der Waals surface area (Å²) in [6, 6.07) is 8.01. The first kappa shape index (κ1) is 19.5. The van der Waals surface area contributed by atoms with Gasteiger partial charge in [0.2, 0.25) is 0 Å². The van der Waals surface area contributed by atoms with Crippen molar-refractivity contribution in [3.8, 4) is 5.75 Å². The molecule has 2 rings (SSSR count). The molecule has 0 heterocycles. The molecular formula is C23H32O2. The number of hydrogen-bond donors (Lipinski definition) is 0. The zero-order chi connectivity index (χ0) is 18.3. The van der Waals surface area contributed by atoms with Crippen LogP contribution in [0.5, 0.6) is 5.75 Å². The van der Waals surface area contributed by atoms with Crippen molar-refractivity contribution < 1.29 is 9.47 Å². The summed E-state index contributed by atoms with van der Waals surface area (Å²) in [5.74, 6) is 1.41. The smallest absolute Gasteiger partial charge is 0.118 e. The minimum absolute atomic E-state index is 0.124. The molecule has 0 bridgehead atoms. The lowest BCUT2D eigenvalue weighted by atomic mass is 9.73. The number of hydrogen-bond acceptors (Lipinski definition) is 2. The standard InChI is InChI=1S/C23H32O2/c1-18-15-21(17-23(3,4)16-18)9-8-19(2)25-14-6-7-20-10-12-22(24-5)13-11-20/h6-13,15,19,21H,14,16-17H2,1-5H3/b7-6+,9-8+. The third kappa shape index (κ3) is 6.91. The second kappa shape index (κ2) is 9.05. The van der Waals surface area contributed by atoms with Crippen molar-refractivity contribution in [2.75, 3.05) is 13.7 Å². The summed E-state index contributed by atoms with van der Waals surface area (Å²) in [5.41, 5.74) is 3.05. The molecule has 1 aromatic rings. The Morgan fingerprint density at radius 3 is 2.60 bits per heavy atom. The van der Waals surface area contributed by atoms with Crippen molar-refractivity contribution in [1.29, 1.82) is 0 Å². The molecule has 2 nitrogen and oxygen atoms in total. The SMILES string of the molecule is COc1ccc(/C=C/COC(C)/C=C/C2C=C(C)CC(C)(C)C2)cc1. The van der Waals surface area contributed by atoms with Gasteiger partial charge in [-0.1, -0.05) is 61.9 Å². The first-order chi connectivity index (χ1) is 11.9. The zero-order valence-electron chi connectivity index (χ0n) is 16.3. The molecule has 0 amide bonds. The van der Waals surface area contributed by atoms with Crippen molar-refractivity contribution in [1.82, 2.24) is 0 Å². The maximum Gasteiger partial charge on any atom is 0.118 e. The van der Waals surface area contributed by atoms with Gasteiger partial charge in [0.05, 0.1) is 19.8 Å². The van der Waals surface area contributed by atoms with Gasteiger partial charge in [-0.15, -0.1) is 0 Å². The predicted molar refractivity (Wildman–Crippen MR) is 107 cm³/mol. The Morgan fingerprint density at radius 2 is 1.96 bits per heavy atom. The molecule has 0 N–H and O–H groups in total. The predicted octanol–water partition coefficient (Wildman–Crippen LogP) is 6.05. The Morgan fingerprint density at radius 1 is 1.24 bits per heavy atom. The molecule has 2 unspecified atom stereocenters. The minimum atomic E-state index is 0.124. The van der Waals surface area contributed by atoms with Gasteiger partial charge in [0.25, 0.3) is 0 Å². The van der Waals surface area contributed by atoms with Gasteiger partial charge in [-0.2, -0.15) is 0 Å². The van der Waals surface area contributed by atoms with E-state index >= 15 is 0 Å². The first-order valence-corrected chi connectivity index (χ1v) is 9.16. The Labute approximate surface area is 153 Å². The molecule has 136 valence electrons. The van der Waals surface area contributed by atoms with Crippen LogP contribution in [0, 0.1) is 11.3 Å². The van der Waals surface area contributed by atoms with E-state index in [4.69, 9.17) is 9.47 Å². The minimum Gasteiger partial charge on any atom is -0.497 e. The van der Waals surface area contributed by atoms with Crippen LogP contribution < -0.4 is 4.74 Å². The molecule has 1 aliphatic rings. The number of benzene rings is 1. The van der Waals surface area contributed by atoms with E-state index in [1.54, 1.807) is 7.11 Å². The van der Waals surface area contributed by atoms with E-state index in [2.05, 4.69) is 58.1 Å². The van der Waals surface area contributed by atoms with Gasteiger partial charge in [-0.05, 0) is 55.7 Å². The van der Waals surface area contributed by atoms with E-state index in [9.17, 15) is 0 Å². The molecule has 0 radical (unpaired) electrons. The summed E-state index contributed by atoms with van der Waals surface area (Å²) < 4.78 is 11.0. The Kier molecular flexibility index (Phi) is 7.07. The van der Waals surface area contributed by atoms with E-state index < -0.39 is 0 Å². The second-order valence-electron chi connectivity index (χ2n) is 7.82. The highest BCUT2D eigenvalue weighted by Gasteiger charge is 2.25. The average Bonchev–Trinajstić information content (AvgIpc) is 2.55. The molecule has 0 saturated carbocycles. The van der Waals surface area contributed by atoms with Crippen LogP contribution in [0.3, 0.4) is 0 Å². The van der Waals surface area contributed by atoms with E-state index in [0.29, 0.717) is 17.9 Å². The van der Waals surface area contributed by atoms with Crippen molar-refractivity contribution in [2.24, 2.45) is 11.3 Å². The lowest BCUT2D eigenvalue weighted by Crippen LogP contribution is -2.20. The lowest BCUT2D eigenvalue weighted by molar-refractivity contribution is 0.123. The maximum atomic E-state index is 5.86. The average molecular weight is 341 g/mol. The van der Waals surface area contributed by atoms with Crippen LogP contribution in [0.25, 0.3) is 6.08 Å². The number of allylic oxidation sites excluding steroid dienone is 3. The number of rotatable bonds is 7. The molecule has 0 saturated heterocycles. The van der Waals surface area contributed by atoms with Crippen molar-refractivity contribution in [3.63, 3.8) is 0 Å². The van der Waals surface area contributed by atoms with E-state index in [1.807, 2.05) is 24.3 Å². The number of ether oxygens (including phenoxy) is 2. The summed E-state index contributed by atoms with van der Waals surface area (Å²) in [6.07, 6.45) is 13.6. The maximum absolute atomic E-state index is 5.86. The van der Waals surface area contributed by atoms with Gasteiger partial charge in [0.15, 0.2) is 0 Å². The molecule has 25 heavy (non-hydrogen) atoms. The molecule has 0 aliphatic heterocycles. The largest absolute Gasteiger partial charge is 0.497 e. The fourth-order valence-electron chi connectivity index (χ4n) is 3.53. The summed E-state index contributed by atoms with van der Waals surface area (Å²) in [7, 11) is 1.68. The topological polar surface area (TPSA) is 18.5 Å². The lowest BCUT2D eigenvalue weighted by Gasteiger charge is -2.32. The van der Waals surface area contributed by atoms with Crippen molar-refractivity contribution in [3.05, 3.63) is 59.7 Å². The molecule has 1 aromatic carbocycles. The van der Waals surface area contributed by atoms with Crippen LogP contribution in [0.1, 0.15) is 46.1 Å². The highest BCUT2D eigenvalue weighted by atomic mass is 16.5. The fraction of sp³-hybridized carbons (Fsp3) is 0.478. The van der Waals surface area contributed by atoms with Crippen LogP contribution in [0.15, 0.2) is 54.1 Å². The highest BCUT2D eigenvalue weighted by molar-refractivity contribution is 5.50. The van der Waals surface area contributed by atoms with Crippen LogP contribution in [0.4, 0.5) is 0 Å². The normalized spacial score (nSPS) is 21.5. The summed E-state index contributed by atoms with van der Waals surface area (Å²) in [4.78, 5) is 0. The molecular weight excluding hydrogens is 308 g/mol. The van der Waals surface area contributed by atoms with Gasteiger partial charge in [0, 0.05) is 0 Å². The Bertz CT molecular complexity index is 620. The van der Waals surface area contributed by atoms with Gasteiger partial charge in [0.1, 0.15) is 5.75 Å². The van der Waals surface area contributed by atoms with Crippen LogP contribution in [-0.4, -0.2) is 19.8 Å². The molecule has 0 fully saturated rings. The van der Waals surface area contributed by atoms with Crippen molar-refractivity contribution >= 4 is 6.08 Å². The summed E-state index contributed by atoms with van der Waals surface area (Å²) in [6.45, 7) is 9.67. The fourth-order valence-corrected chi connectivity index (χ4v) is 3.53. The molecule has 0 spiro atoms. The third-order valence-corrected chi connectivity index (χ3v) is 4.56. The van der Waals surface area contributed by atoms with Crippen molar-refractivity contribution in [2.45, 2.75) is 46.6 Å². The van der Waals surface area contributed by atoms with Gasteiger partial charge < -0.3 is 9.47 Å². The molecule has 0 aromatic heterocycles. The third-order valence-electron chi connectivity index (χ3n) is 4.56. The second-order valence-corrected chi connectivity index (χ2v) is 7.82. The summed E-state index contributed by atoms with van der Waals surface area (Å²) in [5, 5.41) is 0. The Hall–Kier alpha value is -1.80. The molecule has 2 heteroatoms. The van der Waals surface area contributed by atoms with Crippen LogP contribution in [-0.2, 0) is 4.74 Å². The van der Waals surface area contributed by atoms with Gasteiger partial charge >= 0.3 is 0 Å². The van der Waals surface area contributed by atoms with Gasteiger partial charge in [-0.25, -0.2) is 0 Å². The molecule has 1 aliphatic carbocycles. The number of methoxy groups -OCH3 is 1. The monoisotopic (exact) mass is 340 g/mol. The van der Waals surface area contributed by atoms with E-state index in [-0.39, 0.29) is 6.10 Å².